The number of pyridine rings is 1. The first-order valence-corrected chi connectivity index (χ1v) is 11.8. The first-order valence-electron chi connectivity index (χ1n) is 11.8. The molecular weight excluding hydrogens is 438 g/mol. The number of amides is 1. The maximum absolute atomic E-state index is 12.4. The molecule has 3 rings (SSSR count). The van der Waals surface area contributed by atoms with Crippen LogP contribution in [0.1, 0.15) is 64.6 Å². The first kappa shape index (κ1) is 25.5. The van der Waals surface area contributed by atoms with Crippen LogP contribution in [0.15, 0.2) is 28.9 Å². The van der Waals surface area contributed by atoms with E-state index in [4.69, 9.17) is 9.26 Å². The molecule has 10 heteroatoms. The Morgan fingerprint density at radius 3 is 2.65 bits per heavy atom. The number of aromatic nitrogens is 3. The van der Waals surface area contributed by atoms with E-state index in [1.165, 1.54) is 0 Å². The second kappa shape index (κ2) is 11.3. The molecule has 2 aromatic heterocycles. The Hall–Kier alpha value is -3.17. The van der Waals surface area contributed by atoms with Gasteiger partial charge >= 0.3 is 12.1 Å². The lowest BCUT2D eigenvalue weighted by molar-refractivity contribution is -0.140. The van der Waals surface area contributed by atoms with E-state index in [9.17, 15) is 14.7 Å². The van der Waals surface area contributed by atoms with E-state index in [1.807, 2.05) is 39.0 Å². The molecule has 1 saturated heterocycles. The zero-order valence-corrected chi connectivity index (χ0v) is 20.2. The number of aryl methyl sites for hydroxylation is 1. The van der Waals surface area contributed by atoms with E-state index in [1.54, 1.807) is 11.1 Å². The maximum atomic E-state index is 12.4. The van der Waals surface area contributed by atoms with Crippen LogP contribution < -0.4 is 5.32 Å². The number of unbranched alkanes of at least 4 members (excludes halogenated alkanes) is 1. The lowest BCUT2D eigenvalue weighted by atomic mass is 9.73. The molecule has 1 aliphatic heterocycles. The van der Waals surface area contributed by atoms with Crippen LogP contribution in [0.3, 0.4) is 0 Å². The van der Waals surface area contributed by atoms with E-state index in [0.717, 1.165) is 25.2 Å². The zero-order chi connectivity index (χ0) is 24.6. The summed E-state index contributed by atoms with van der Waals surface area (Å²) >= 11 is 0. The van der Waals surface area contributed by atoms with Crippen LogP contribution in [-0.2, 0) is 22.4 Å². The van der Waals surface area contributed by atoms with Gasteiger partial charge in [-0.15, -0.1) is 0 Å². The van der Waals surface area contributed by atoms with Gasteiger partial charge in [-0.1, -0.05) is 11.2 Å². The van der Waals surface area contributed by atoms with Gasteiger partial charge in [0.1, 0.15) is 11.4 Å². The Kier molecular flexibility index (Phi) is 8.46. The molecule has 2 N–H and O–H groups in total. The lowest BCUT2D eigenvalue weighted by Gasteiger charge is -2.40. The average molecular weight is 474 g/mol. The Morgan fingerprint density at radius 1 is 1.24 bits per heavy atom. The van der Waals surface area contributed by atoms with Crippen LogP contribution in [0.2, 0.25) is 0 Å². The molecule has 0 spiro atoms. The number of hydrogen-bond acceptors (Lipinski definition) is 8. The topological polar surface area (TPSA) is 131 Å². The molecule has 1 aliphatic rings. The van der Waals surface area contributed by atoms with Crippen LogP contribution in [0.25, 0.3) is 0 Å². The predicted octanol–water partition coefficient (Wildman–Crippen LogP) is 3.93. The van der Waals surface area contributed by atoms with Gasteiger partial charge < -0.3 is 24.6 Å². The molecule has 186 valence electrons. The number of aliphatic carboxylic acids is 1. The Balaban J connectivity index is 1.49. The SMILES string of the molecule is CC(C)(C)OC(=O)N1CCC(CC(=O)O)(Cc2nc(CCCCNc3ccccn3)no2)CC1. The van der Waals surface area contributed by atoms with E-state index in [0.29, 0.717) is 50.5 Å². The van der Waals surface area contributed by atoms with E-state index in [-0.39, 0.29) is 12.5 Å². The fourth-order valence-electron chi connectivity index (χ4n) is 4.10. The molecule has 1 amide bonds. The van der Waals surface area contributed by atoms with Crippen molar-refractivity contribution in [2.24, 2.45) is 5.41 Å². The van der Waals surface area contributed by atoms with E-state index >= 15 is 0 Å². The quantitative estimate of drug-likeness (QED) is 0.493. The summed E-state index contributed by atoms with van der Waals surface area (Å²) in [6, 6.07) is 5.75. The van der Waals surface area contributed by atoms with Crippen molar-refractivity contribution in [3.8, 4) is 0 Å². The highest BCUT2D eigenvalue weighted by molar-refractivity contribution is 5.69. The van der Waals surface area contributed by atoms with E-state index < -0.39 is 17.0 Å². The van der Waals surface area contributed by atoms with Gasteiger partial charge in [-0.2, -0.15) is 4.98 Å². The molecule has 0 aliphatic carbocycles. The summed E-state index contributed by atoms with van der Waals surface area (Å²) in [6.45, 7) is 7.16. The number of piperidine rings is 1. The molecule has 0 radical (unpaired) electrons. The summed E-state index contributed by atoms with van der Waals surface area (Å²) in [4.78, 5) is 34.3. The Bertz CT molecular complexity index is 933. The molecule has 0 aromatic carbocycles. The minimum atomic E-state index is -0.870. The smallest absolute Gasteiger partial charge is 0.410 e. The zero-order valence-electron chi connectivity index (χ0n) is 20.2. The summed E-state index contributed by atoms with van der Waals surface area (Å²) < 4.78 is 10.9. The summed E-state index contributed by atoms with van der Waals surface area (Å²) in [5.41, 5.74) is -1.10. The van der Waals surface area contributed by atoms with Crippen LogP contribution in [0.4, 0.5) is 10.6 Å². The van der Waals surface area contributed by atoms with Gasteiger partial charge in [-0.3, -0.25) is 4.79 Å². The minimum absolute atomic E-state index is 0.00787. The molecular formula is C24H35N5O5. The largest absolute Gasteiger partial charge is 0.481 e. The van der Waals surface area contributed by atoms with Gasteiger partial charge in [0, 0.05) is 38.7 Å². The van der Waals surface area contributed by atoms with Crippen molar-refractivity contribution >= 4 is 17.9 Å². The summed E-state index contributed by atoms with van der Waals surface area (Å²) in [5, 5.41) is 16.9. The van der Waals surface area contributed by atoms with Crippen molar-refractivity contribution in [3.05, 3.63) is 36.1 Å². The maximum Gasteiger partial charge on any atom is 0.410 e. The van der Waals surface area contributed by atoms with Gasteiger partial charge in [-0.05, 0) is 64.0 Å². The second-order valence-electron chi connectivity index (χ2n) is 9.92. The molecule has 0 atom stereocenters. The molecule has 10 nitrogen and oxygen atoms in total. The highest BCUT2D eigenvalue weighted by atomic mass is 16.6. The third-order valence-electron chi connectivity index (χ3n) is 5.84. The van der Waals surface area contributed by atoms with Crippen molar-refractivity contribution < 1.29 is 24.0 Å². The molecule has 3 heterocycles. The Morgan fingerprint density at radius 2 is 2.00 bits per heavy atom. The van der Waals surface area contributed by atoms with Gasteiger partial charge in [0.2, 0.25) is 5.89 Å². The third kappa shape index (κ3) is 8.00. The summed E-state index contributed by atoms with van der Waals surface area (Å²) in [5.74, 6) is 1.06. The number of rotatable bonds is 10. The fourth-order valence-corrected chi connectivity index (χ4v) is 4.10. The molecule has 1 fully saturated rings. The highest BCUT2D eigenvalue weighted by Crippen LogP contribution is 2.38. The van der Waals surface area contributed by atoms with Crippen LogP contribution >= 0.6 is 0 Å². The van der Waals surface area contributed by atoms with Crippen LogP contribution in [-0.4, -0.2) is 62.4 Å². The Labute approximate surface area is 200 Å². The number of anilines is 1. The first-order chi connectivity index (χ1) is 16.1. The summed E-state index contributed by atoms with van der Waals surface area (Å²) in [7, 11) is 0. The normalized spacial score (nSPS) is 15.7. The molecule has 0 bridgehead atoms. The number of carbonyl (C=O) groups excluding carboxylic acids is 1. The van der Waals surface area contributed by atoms with E-state index in [2.05, 4.69) is 20.4 Å². The van der Waals surface area contributed by atoms with Gasteiger partial charge in [-0.25, -0.2) is 9.78 Å². The van der Waals surface area contributed by atoms with Crippen molar-refractivity contribution in [1.82, 2.24) is 20.0 Å². The minimum Gasteiger partial charge on any atom is -0.481 e. The molecule has 0 unspecified atom stereocenters. The highest BCUT2D eigenvalue weighted by Gasteiger charge is 2.40. The summed E-state index contributed by atoms with van der Waals surface area (Å²) in [6.07, 6.45) is 5.35. The van der Waals surface area contributed by atoms with Crippen LogP contribution in [0.5, 0.6) is 0 Å². The van der Waals surface area contributed by atoms with Gasteiger partial charge in [0.25, 0.3) is 0 Å². The number of nitrogens with zero attached hydrogens (tertiary/aromatic N) is 4. The third-order valence-corrected chi connectivity index (χ3v) is 5.84. The number of nitrogens with one attached hydrogen (secondary N) is 1. The van der Waals surface area contributed by atoms with Crippen molar-refractivity contribution in [2.45, 2.75) is 71.3 Å². The number of carboxylic acid groups (broad SMARTS) is 1. The number of carboxylic acids is 1. The van der Waals surface area contributed by atoms with Gasteiger partial charge in [0.05, 0.1) is 6.42 Å². The fraction of sp³-hybridized carbons (Fsp3) is 0.625. The number of likely N-dealkylation sites (tertiary alicyclic amines) is 1. The average Bonchev–Trinajstić information content (AvgIpc) is 3.19. The standard InChI is InChI=1S/C24H35N5O5/c1-23(2,3)33-22(32)29-14-10-24(11-15-29,17-21(30)31)16-20-27-19(28-34-20)9-5-7-13-26-18-8-4-6-12-25-18/h4,6,8,12H,5,7,9-11,13-17H2,1-3H3,(H,25,26)(H,30,31). The number of carbonyl (C=O) groups is 2. The number of ether oxygens (including phenoxy) is 1. The van der Waals surface area contributed by atoms with Crippen LogP contribution in [0, 0.1) is 5.41 Å². The molecule has 34 heavy (non-hydrogen) atoms. The second-order valence-corrected chi connectivity index (χ2v) is 9.92. The van der Waals surface area contributed by atoms with Gasteiger partial charge in [0.15, 0.2) is 5.82 Å². The van der Waals surface area contributed by atoms with Crippen molar-refractivity contribution in [2.75, 3.05) is 25.0 Å². The lowest BCUT2D eigenvalue weighted by Crippen LogP contribution is -2.46. The van der Waals surface area contributed by atoms with Crippen molar-refractivity contribution in [3.63, 3.8) is 0 Å². The monoisotopic (exact) mass is 473 g/mol. The predicted molar refractivity (Wildman–Crippen MR) is 125 cm³/mol. The molecule has 2 aromatic rings. The molecule has 0 saturated carbocycles. The van der Waals surface area contributed by atoms with Crippen molar-refractivity contribution in [1.29, 1.82) is 0 Å². The number of hydrogen-bond donors (Lipinski definition) is 2.